The lowest BCUT2D eigenvalue weighted by Gasteiger charge is -2.21. The fourth-order valence-electron chi connectivity index (χ4n) is 3.26. The first kappa shape index (κ1) is 19.5. The minimum absolute atomic E-state index is 0.0731. The second-order valence-electron chi connectivity index (χ2n) is 6.90. The lowest BCUT2D eigenvalue weighted by molar-refractivity contribution is 0.0752. The van der Waals surface area contributed by atoms with Gasteiger partial charge in [0.25, 0.3) is 11.8 Å². The van der Waals surface area contributed by atoms with Gasteiger partial charge in [0.1, 0.15) is 0 Å². The third kappa shape index (κ3) is 4.27. The number of hydrogen-bond donors (Lipinski definition) is 1. The van der Waals surface area contributed by atoms with E-state index < -0.39 is 0 Å². The van der Waals surface area contributed by atoms with Crippen molar-refractivity contribution in [3.63, 3.8) is 0 Å². The summed E-state index contributed by atoms with van der Waals surface area (Å²) in [5.41, 5.74) is 2.76. The summed E-state index contributed by atoms with van der Waals surface area (Å²) in [7, 11) is 0. The van der Waals surface area contributed by atoms with E-state index in [0.717, 1.165) is 11.3 Å². The molecule has 1 N–H and O–H groups in total. The molecule has 6 nitrogen and oxygen atoms in total. The zero-order valence-corrected chi connectivity index (χ0v) is 16.6. The van der Waals surface area contributed by atoms with Crippen LogP contribution in [0.4, 0.5) is 5.69 Å². The number of carbonyl (C=O) groups excluding carboxylic acids is 2. The van der Waals surface area contributed by atoms with Crippen LogP contribution in [0.15, 0.2) is 72.8 Å². The van der Waals surface area contributed by atoms with Gasteiger partial charge in [-0.05, 0) is 61.0 Å². The van der Waals surface area contributed by atoms with E-state index in [1.54, 1.807) is 41.3 Å². The van der Waals surface area contributed by atoms with E-state index in [1.807, 2.05) is 43.3 Å². The summed E-state index contributed by atoms with van der Waals surface area (Å²) in [4.78, 5) is 27.0. The number of carbonyl (C=O) groups is 2. The first-order valence-corrected chi connectivity index (χ1v) is 9.78. The van der Waals surface area contributed by atoms with E-state index in [-0.39, 0.29) is 18.6 Å². The molecular weight excluding hydrogens is 380 g/mol. The second-order valence-corrected chi connectivity index (χ2v) is 6.90. The number of anilines is 1. The highest BCUT2D eigenvalue weighted by atomic mass is 16.7. The molecule has 2 amide bonds. The van der Waals surface area contributed by atoms with E-state index in [0.29, 0.717) is 35.7 Å². The van der Waals surface area contributed by atoms with Crippen LogP contribution in [0.5, 0.6) is 11.5 Å². The van der Waals surface area contributed by atoms with Crippen molar-refractivity contribution in [3.8, 4) is 11.5 Å². The Morgan fingerprint density at radius 3 is 2.37 bits per heavy atom. The average molecular weight is 402 g/mol. The predicted molar refractivity (Wildman–Crippen MR) is 114 cm³/mol. The van der Waals surface area contributed by atoms with Crippen molar-refractivity contribution in [2.24, 2.45) is 0 Å². The summed E-state index contributed by atoms with van der Waals surface area (Å²) in [5.74, 6) is 1.17. The molecule has 0 saturated carbocycles. The molecule has 152 valence electrons. The molecule has 0 spiro atoms. The molecule has 0 radical (unpaired) electrons. The number of ether oxygens (including phenoxy) is 2. The average Bonchev–Trinajstić information content (AvgIpc) is 3.26. The van der Waals surface area contributed by atoms with Crippen molar-refractivity contribution in [2.45, 2.75) is 13.5 Å². The molecule has 0 fully saturated rings. The molecule has 0 aromatic heterocycles. The fourth-order valence-corrected chi connectivity index (χ4v) is 3.26. The minimum atomic E-state index is -0.187. The molecule has 3 aromatic carbocycles. The van der Waals surface area contributed by atoms with E-state index in [1.165, 1.54) is 0 Å². The largest absolute Gasteiger partial charge is 0.454 e. The van der Waals surface area contributed by atoms with Crippen molar-refractivity contribution < 1.29 is 19.1 Å². The lowest BCUT2D eigenvalue weighted by atomic mass is 10.1. The van der Waals surface area contributed by atoms with E-state index in [9.17, 15) is 9.59 Å². The monoisotopic (exact) mass is 402 g/mol. The number of rotatable bonds is 6. The number of hydrogen-bond acceptors (Lipinski definition) is 4. The van der Waals surface area contributed by atoms with Gasteiger partial charge in [0.05, 0.1) is 0 Å². The number of amides is 2. The number of benzene rings is 3. The van der Waals surface area contributed by atoms with Crippen LogP contribution < -0.4 is 14.8 Å². The Morgan fingerprint density at radius 2 is 1.63 bits per heavy atom. The third-order valence-corrected chi connectivity index (χ3v) is 4.91. The van der Waals surface area contributed by atoms with Crippen LogP contribution in [-0.2, 0) is 6.54 Å². The van der Waals surface area contributed by atoms with Crippen LogP contribution in [0.2, 0.25) is 0 Å². The normalized spacial score (nSPS) is 11.8. The SMILES string of the molecule is CCN(Cc1ccc2c(c1)OCO2)C(=O)c1ccc(NC(=O)c2ccccc2)cc1. The van der Waals surface area contributed by atoms with Gasteiger partial charge in [0.2, 0.25) is 6.79 Å². The summed E-state index contributed by atoms with van der Waals surface area (Å²) in [6.07, 6.45) is 0. The Bertz CT molecular complexity index is 1050. The maximum atomic E-state index is 13.0. The Labute approximate surface area is 175 Å². The fraction of sp³-hybridized carbons (Fsp3) is 0.167. The summed E-state index contributed by atoms with van der Waals surface area (Å²) in [5, 5.41) is 2.84. The second kappa shape index (κ2) is 8.69. The zero-order chi connectivity index (χ0) is 20.9. The molecule has 1 heterocycles. The maximum Gasteiger partial charge on any atom is 0.255 e. The van der Waals surface area contributed by atoms with Crippen LogP contribution >= 0.6 is 0 Å². The van der Waals surface area contributed by atoms with Crippen molar-refractivity contribution in [1.82, 2.24) is 4.90 Å². The summed E-state index contributed by atoms with van der Waals surface area (Å²) < 4.78 is 10.8. The Morgan fingerprint density at radius 1 is 0.900 bits per heavy atom. The topological polar surface area (TPSA) is 67.9 Å². The molecule has 0 aliphatic carbocycles. The summed E-state index contributed by atoms with van der Waals surface area (Å²) in [6, 6.07) is 21.6. The molecule has 3 aromatic rings. The summed E-state index contributed by atoms with van der Waals surface area (Å²) in [6.45, 7) is 3.21. The molecule has 6 heteroatoms. The van der Waals surface area contributed by atoms with Gasteiger partial charge in [0.15, 0.2) is 11.5 Å². The highest BCUT2D eigenvalue weighted by Crippen LogP contribution is 2.32. The highest BCUT2D eigenvalue weighted by molar-refractivity contribution is 6.04. The highest BCUT2D eigenvalue weighted by Gasteiger charge is 2.18. The molecule has 1 aliphatic heterocycles. The van der Waals surface area contributed by atoms with Crippen molar-refractivity contribution in [3.05, 3.63) is 89.5 Å². The van der Waals surface area contributed by atoms with Gasteiger partial charge in [0, 0.05) is 29.9 Å². The molecule has 1 aliphatic rings. The van der Waals surface area contributed by atoms with E-state index in [2.05, 4.69) is 5.32 Å². The van der Waals surface area contributed by atoms with Gasteiger partial charge < -0.3 is 19.7 Å². The number of nitrogens with zero attached hydrogens (tertiary/aromatic N) is 1. The number of fused-ring (bicyclic) bond motifs is 1. The van der Waals surface area contributed by atoms with Gasteiger partial charge >= 0.3 is 0 Å². The molecule has 0 saturated heterocycles. The lowest BCUT2D eigenvalue weighted by Crippen LogP contribution is -2.30. The molecule has 0 unspecified atom stereocenters. The van der Waals surface area contributed by atoms with Gasteiger partial charge in [-0.15, -0.1) is 0 Å². The van der Waals surface area contributed by atoms with Gasteiger partial charge in [-0.2, -0.15) is 0 Å². The first-order valence-electron chi connectivity index (χ1n) is 9.78. The van der Waals surface area contributed by atoms with E-state index >= 15 is 0 Å². The third-order valence-electron chi connectivity index (χ3n) is 4.91. The zero-order valence-electron chi connectivity index (χ0n) is 16.6. The maximum absolute atomic E-state index is 13.0. The minimum Gasteiger partial charge on any atom is -0.454 e. The quantitative estimate of drug-likeness (QED) is 0.666. The number of nitrogens with one attached hydrogen (secondary N) is 1. The molecule has 30 heavy (non-hydrogen) atoms. The van der Waals surface area contributed by atoms with E-state index in [4.69, 9.17) is 9.47 Å². The Balaban J connectivity index is 1.42. The molecular formula is C24H22N2O4. The Hall–Kier alpha value is -3.80. The van der Waals surface area contributed by atoms with Gasteiger partial charge in [-0.1, -0.05) is 24.3 Å². The standard InChI is InChI=1S/C24H22N2O4/c1-2-26(15-17-8-13-21-22(14-17)30-16-29-21)24(28)19-9-11-20(12-10-19)25-23(27)18-6-4-3-5-7-18/h3-14H,2,15-16H2,1H3,(H,25,27). The van der Waals surface area contributed by atoms with Crippen molar-refractivity contribution in [1.29, 1.82) is 0 Å². The molecule has 0 bridgehead atoms. The van der Waals surface area contributed by atoms with Crippen molar-refractivity contribution in [2.75, 3.05) is 18.7 Å². The van der Waals surface area contributed by atoms with Crippen LogP contribution in [0.3, 0.4) is 0 Å². The predicted octanol–water partition coefficient (Wildman–Crippen LogP) is 4.33. The van der Waals surface area contributed by atoms with Crippen LogP contribution in [0, 0.1) is 0 Å². The smallest absolute Gasteiger partial charge is 0.255 e. The first-order chi connectivity index (χ1) is 14.6. The van der Waals surface area contributed by atoms with Crippen LogP contribution in [0.25, 0.3) is 0 Å². The molecule has 0 atom stereocenters. The molecule has 4 rings (SSSR count). The van der Waals surface area contributed by atoms with Gasteiger partial charge in [-0.3, -0.25) is 9.59 Å². The summed E-state index contributed by atoms with van der Waals surface area (Å²) >= 11 is 0. The Kier molecular flexibility index (Phi) is 5.66. The van der Waals surface area contributed by atoms with Crippen molar-refractivity contribution >= 4 is 17.5 Å². The van der Waals surface area contributed by atoms with Crippen LogP contribution in [0.1, 0.15) is 33.2 Å². The van der Waals surface area contributed by atoms with Crippen LogP contribution in [-0.4, -0.2) is 30.1 Å². The van der Waals surface area contributed by atoms with Gasteiger partial charge in [-0.25, -0.2) is 0 Å².